The molecule has 1 aliphatic heterocycles. The lowest BCUT2D eigenvalue weighted by Crippen LogP contribution is -2.46. The van der Waals surface area contributed by atoms with Crippen LogP contribution in [0.4, 0.5) is 0 Å². The van der Waals surface area contributed by atoms with Crippen molar-refractivity contribution in [3.8, 4) is 0 Å². The topological polar surface area (TPSA) is 44.5 Å². The fourth-order valence-corrected chi connectivity index (χ4v) is 3.13. The van der Waals surface area contributed by atoms with Gasteiger partial charge < -0.3 is 15.2 Å². The van der Waals surface area contributed by atoms with Gasteiger partial charge in [0.05, 0.1) is 17.3 Å². The Kier molecular flexibility index (Phi) is 4.11. The van der Waals surface area contributed by atoms with Crippen molar-refractivity contribution < 1.29 is 9.47 Å². The SMILES string of the molecule is CCC(C)(CN)OC1CCOC2(CCCC2)C1. The van der Waals surface area contributed by atoms with Crippen molar-refractivity contribution in [3.63, 3.8) is 0 Å². The zero-order chi connectivity index (χ0) is 12.4. The maximum atomic E-state index is 6.26. The molecular weight excluding hydrogens is 214 g/mol. The summed E-state index contributed by atoms with van der Waals surface area (Å²) < 4.78 is 12.3. The van der Waals surface area contributed by atoms with Crippen molar-refractivity contribution in [3.05, 3.63) is 0 Å². The average Bonchev–Trinajstić information content (AvgIpc) is 2.77. The monoisotopic (exact) mass is 241 g/mol. The molecule has 0 bridgehead atoms. The third-order valence-electron chi connectivity index (χ3n) is 4.59. The van der Waals surface area contributed by atoms with E-state index in [9.17, 15) is 0 Å². The van der Waals surface area contributed by atoms with Crippen LogP contribution in [0, 0.1) is 0 Å². The van der Waals surface area contributed by atoms with Gasteiger partial charge in [-0.2, -0.15) is 0 Å². The number of nitrogens with two attached hydrogens (primary N) is 1. The van der Waals surface area contributed by atoms with Gasteiger partial charge >= 0.3 is 0 Å². The third kappa shape index (κ3) is 3.01. The van der Waals surface area contributed by atoms with Gasteiger partial charge in [-0.3, -0.25) is 0 Å². The summed E-state index contributed by atoms with van der Waals surface area (Å²) in [6.07, 6.45) is 8.49. The Morgan fingerprint density at radius 1 is 1.41 bits per heavy atom. The molecule has 0 aromatic heterocycles. The molecular formula is C14H27NO2. The second-order valence-corrected chi connectivity index (χ2v) is 5.98. The van der Waals surface area contributed by atoms with E-state index in [1.165, 1.54) is 25.7 Å². The van der Waals surface area contributed by atoms with Crippen LogP contribution >= 0.6 is 0 Å². The van der Waals surface area contributed by atoms with Crippen molar-refractivity contribution in [2.45, 2.75) is 76.1 Å². The molecule has 1 heterocycles. The molecule has 0 radical (unpaired) electrons. The molecule has 2 atom stereocenters. The second kappa shape index (κ2) is 5.25. The first kappa shape index (κ1) is 13.3. The van der Waals surface area contributed by atoms with Crippen LogP contribution in [0.2, 0.25) is 0 Å². The van der Waals surface area contributed by atoms with Gasteiger partial charge in [0.25, 0.3) is 0 Å². The summed E-state index contributed by atoms with van der Waals surface area (Å²) in [5.74, 6) is 0. The molecule has 0 amide bonds. The standard InChI is InChI=1S/C14H27NO2/c1-3-13(2,11-15)17-12-6-9-16-14(10-12)7-4-5-8-14/h12H,3-11,15H2,1-2H3. The van der Waals surface area contributed by atoms with Gasteiger partial charge in [-0.25, -0.2) is 0 Å². The van der Waals surface area contributed by atoms with Crippen LogP contribution in [0.15, 0.2) is 0 Å². The zero-order valence-electron chi connectivity index (χ0n) is 11.3. The van der Waals surface area contributed by atoms with E-state index in [1.807, 2.05) is 0 Å². The Hall–Kier alpha value is -0.120. The summed E-state index contributed by atoms with van der Waals surface area (Å²) in [5.41, 5.74) is 5.82. The van der Waals surface area contributed by atoms with Crippen molar-refractivity contribution in [2.24, 2.45) is 5.73 Å². The van der Waals surface area contributed by atoms with E-state index in [0.717, 1.165) is 25.9 Å². The van der Waals surface area contributed by atoms with E-state index < -0.39 is 0 Å². The molecule has 2 fully saturated rings. The highest BCUT2D eigenvalue weighted by atomic mass is 16.5. The molecule has 3 nitrogen and oxygen atoms in total. The summed E-state index contributed by atoms with van der Waals surface area (Å²) in [6, 6.07) is 0. The average molecular weight is 241 g/mol. The van der Waals surface area contributed by atoms with Gasteiger partial charge in [0.1, 0.15) is 0 Å². The van der Waals surface area contributed by atoms with Crippen LogP contribution in [0.5, 0.6) is 0 Å². The summed E-state index contributed by atoms with van der Waals surface area (Å²) in [4.78, 5) is 0. The van der Waals surface area contributed by atoms with E-state index in [0.29, 0.717) is 12.6 Å². The molecule has 0 aromatic carbocycles. The van der Waals surface area contributed by atoms with Crippen LogP contribution in [0.1, 0.15) is 58.8 Å². The van der Waals surface area contributed by atoms with Crippen LogP contribution in [0.25, 0.3) is 0 Å². The minimum Gasteiger partial charge on any atom is -0.375 e. The lowest BCUT2D eigenvalue weighted by molar-refractivity contribution is -0.167. The number of ether oxygens (including phenoxy) is 2. The van der Waals surface area contributed by atoms with Crippen molar-refractivity contribution in [1.29, 1.82) is 0 Å². The third-order valence-corrected chi connectivity index (χ3v) is 4.59. The van der Waals surface area contributed by atoms with E-state index in [-0.39, 0.29) is 11.2 Å². The van der Waals surface area contributed by atoms with Gasteiger partial charge in [-0.15, -0.1) is 0 Å². The van der Waals surface area contributed by atoms with E-state index in [1.54, 1.807) is 0 Å². The number of hydrogen-bond donors (Lipinski definition) is 1. The summed E-state index contributed by atoms with van der Waals surface area (Å²) in [7, 11) is 0. The van der Waals surface area contributed by atoms with E-state index in [2.05, 4.69) is 13.8 Å². The zero-order valence-corrected chi connectivity index (χ0v) is 11.3. The van der Waals surface area contributed by atoms with Crippen molar-refractivity contribution in [1.82, 2.24) is 0 Å². The van der Waals surface area contributed by atoms with Crippen LogP contribution < -0.4 is 5.73 Å². The number of hydrogen-bond acceptors (Lipinski definition) is 3. The normalized spacial score (nSPS) is 31.6. The molecule has 3 heteroatoms. The van der Waals surface area contributed by atoms with Gasteiger partial charge in [0.2, 0.25) is 0 Å². The summed E-state index contributed by atoms with van der Waals surface area (Å²) in [6.45, 7) is 5.74. The first-order valence-electron chi connectivity index (χ1n) is 7.13. The van der Waals surface area contributed by atoms with Crippen molar-refractivity contribution in [2.75, 3.05) is 13.2 Å². The molecule has 100 valence electrons. The quantitative estimate of drug-likeness (QED) is 0.823. The highest BCUT2D eigenvalue weighted by molar-refractivity contribution is 4.92. The molecule has 1 aliphatic carbocycles. The largest absolute Gasteiger partial charge is 0.375 e. The molecule has 2 aliphatic rings. The molecule has 1 spiro atoms. The van der Waals surface area contributed by atoms with Gasteiger partial charge in [0, 0.05) is 19.6 Å². The van der Waals surface area contributed by atoms with Crippen molar-refractivity contribution >= 4 is 0 Å². The van der Waals surface area contributed by atoms with E-state index >= 15 is 0 Å². The Bertz CT molecular complexity index is 243. The Balaban J connectivity index is 1.93. The van der Waals surface area contributed by atoms with Gasteiger partial charge in [0.15, 0.2) is 0 Å². The molecule has 1 saturated heterocycles. The predicted molar refractivity (Wildman–Crippen MR) is 69.0 cm³/mol. The highest BCUT2D eigenvalue weighted by Gasteiger charge is 2.41. The molecule has 2 unspecified atom stereocenters. The molecule has 1 saturated carbocycles. The fourth-order valence-electron chi connectivity index (χ4n) is 3.13. The van der Waals surface area contributed by atoms with E-state index in [4.69, 9.17) is 15.2 Å². The predicted octanol–water partition coefficient (Wildman–Crippen LogP) is 2.62. The Morgan fingerprint density at radius 3 is 2.71 bits per heavy atom. The summed E-state index contributed by atoms with van der Waals surface area (Å²) >= 11 is 0. The minimum atomic E-state index is -0.151. The minimum absolute atomic E-state index is 0.145. The lowest BCUT2D eigenvalue weighted by Gasteiger charge is -2.41. The smallest absolute Gasteiger partial charge is 0.0777 e. The first-order valence-corrected chi connectivity index (χ1v) is 7.13. The van der Waals surface area contributed by atoms with Gasteiger partial charge in [-0.05, 0) is 32.6 Å². The first-order chi connectivity index (χ1) is 8.11. The summed E-state index contributed by atoms with van der Waals surface area (Å²) in [5, 5.41) is 0. The lowest BCUT2D eigenvalue weighted by atomic mass is 9.89. The molecule has 2 N–H and O–H groups in total. The van der Waals surface area contributed by atoms with Crippen LogP contribution in [0.3, 0.4) is 0 Å². The molecule has 0 aromatic rings. The molecule has 2 rings (SSSR count). The number of rotatable bonds is 4. The van der Waals surface area contributed by atoms with Gasteiger partial charge in [-0.1, -0.05) is 19.8 Å². The highest BCUT2D eigenvalue weighted by Crippen LogP contribution is 2.41. The van der Waals surface area contributed by atoms with Crippen LogP contribution in [-0.4, -0.2) is 30.5 Å². The maximum absolute atomic E-state index is 6.26. The molecule has 17 heavy (non-hydrogen) atoms. The Morgan fingerprint density at radius 2 is 2.12 bits per heavy atom. The fraction of sp³-hybridized carbons (Fsp3) is 1.00. The maximum Gasteiger partial charge on any atom is 0.0777 e. The Labute approximate surface area is 105 Å². The van der Waals surface area contributed by atoms with Crippen LogP contribution in [-0.2, 0) is 9.47 Å². The second-order valence-electron chi connectivity index (χ2n) is 5.98.